The summed E-state index contributed by atoms with van der Waals surface area (Å²) in [5.41, 5.74) is 4.58. The normalized spacial score (nSPS) is 16.5. The Kier molecular flexibility index (Phi) is 11.5. The van der Waals surface area contributed by atoms with Crippen LogP contribution < -0.4 is 10.1 Å². The third kappa shape index (κ3) is 9.04. The average Bonchev–Trinajstić information content (AvgIpc) is 3.19. The van der Waals surface area contributed by atoms with Crippen molar-refractivity contribution in [3.63, 3.8) is 0 Å². The highest BCUT2D eigenvalue weighted by atomic mass is 32.2. The molecule has 0 radical (unpaired) electrons. The summed E-state index contributed by atoms with van der Waals surface area (Å²) in [5.74, 6) is 0.327. The van der Waals surface area contributed by atoms with E-state index < -0.39 is 9.84 Å². The fourth-order valence-electron chi connectivity index (χ4n) is 5.68. The first-order valence-corrected chi connectivity index (χ1v) is 17.5. The molecule has 1 fully saturated rings. The highest BCUT2D eigenvalue weighted by Gasteiger charge is 2.25. The molecule has 5 rings (SSSR count). The standard InChI is InChI=1S/C36H44N2O6S/c1-3-4-18-42-21-22-44-34-12-7-28(8-13-34)29-9-14-35-31(24-29)25-30(17-23-45(35,40)41)36(39)37-32-10-5-27(6-11-32)26-38(2)33-15-19-43-20-16-33/h5-14,24-25,33H,3-4,15-23,26H2,1-2H3,(H,37,39). The van der Waals surface area contributed by atoms with E-state index in [1.807, 2.05) is 60.7 Å². The van der Waals surface area contributed by atoms with Crippen LogP contribution in [0, 0.1) is 0 Å². The van der Waals surface area contributed by atoms with Gasteiger partial charge in [0.15, 0.2) is 9.84 Å². The summed E-state index contributed by atoms with van der Waals surface area (Å²) < 4.78 is 43.1. The number of hydrogen-bond acceptors (Lipinski definition) is 7. The number of anilines is 1. The van der Waals surface area contributed by atoms with Gasteiger partial charge in [0.25, 0.3) is 5.91 Å². The van der Waals surface area contributed by atoms with Crippen molar-refractivity contribution in [2.45, 2.75) is 56.5 Å². The van der Waals surface area contributed by atoms with E-state index in [9.17, 15) is 13.2 Å². The SMILES string of the molecule is CCCCOCCOc1ccc(-c2ccc3c(c2)C=C(C(=O)Nc2ccc(CN(C)C4CCOCC4)cc2)CCS3(=O)=O)cc1. The average molecular weight is 633 g/mol. The number of fused-ring (bicyclic) bond motifs is 1. The Hall–Kier alpha value is -3.50. The van der Waals surface area contributed by atoms with Gasteiger partial charge >= 0.3 is 0 Å². The van der Waals surface area contributed by atoms with Crippen LogP contribution in [0.4, 0.5) is 5.69 Å². The van der Waals surface area contributed by atoms with Crippen LogP contribution in [0.2, 0.25) is 0 Å². The summed E-state index contributed by atoms with van der Waals surface area (Å²) in [6.45, 7) is 6.34. The molecule has 1 N–H and O–H groups in total. The van der Waals surface area contributed by atoms with Gasteiger partial charge in [-0.1, -0.05) is 43.7 Å². The molecule has 1 saturated heterocycles. The first-order valence-electron chi connectivity index (χ1n) is 15.9. The van der Waals surface area contributed by atoms with Crippen molar-refractivity contribution < 1.29 is 27.4 Å². The van der Waals surface area contributed by atoms with Crippen molar-refractivity contribution in [1.29, 1.82) is 0 Å². The van der Waals surface area contributed by atoms with Gasteiger partial charge in [-0.25, -0.2) is 8.42 Å². The number of unbranched alkanes of at least 4 members (excludes halogenated alkanes) is 1. The van der Waals surface area contributed by atoms with Crippen molar-refractivity contribution in [3.8, 4) is 16.9 Å². The Morgan fingerprint density at radius 1 is 0.956 bits per heavy atom. The van der Waals surface area contributed by atoms with Gasteiger partial charge in [0.05, 0.1) is 17.3 Å². The number of carbonyl (C=O) groups is 1. The zero-order valence-corrected chi connectivity index (χ0v) is 27.1. The van der Waals surface area contributed by atoms with Gasteiger partial charge in [-0.2, -0.15) is 0 Å². The fourth-order valence-corrected chi connectivity index (χ4v) is 7.14. The van der Waals surface area contributed by atoms with Crippen LogP contribution in [0.5, 0.6) is 5.75 Å². The summed E-state index contributed by atoms with van der Waals surface area (Å²) in [6.07, 6.45) is 6.08. The summed E-state index contributed by atoms with van der Waals surface area (Å²) in [5, 5.41) is 2.97. The molecule has 3 aromatic rings. The predicted molar refractivity (Wildman–Crippen MR) is 178 cm³/mol. The minimum absolute atomic E-state index is 0.121. The number of hydrogen-bond donors (Lipinski definition) is 1. The molecule has 8 nitrogen and oxygen atoms in total. The molecule has 2 aliphatic heterocycles. The molecule has 0 bridgehead atoms. The van der Waals surface area contributed by atoms with Crippen molar-refractivity contribution in [2.75, 3.05) is 51.2 Å². The first kappa shape index (κ1) is 32.9. The van der Waals surface area contributed by atoms with Crippen LogP contribution in [0.25, 0.3) is 17.2 Å². The van der Waals surface area contributed by atoms with E-state index >= 15 is 0 Å². The van der Waals surface area contributed by atoms with E-state index in [1.54, 1.807) is 12.1 Å². The molecule has 0 saturated carbocycles. The Morgan fingerprint density at radius 2 is 1.69 bits per heavy atom. The van der Waals surface area contributed by atoms with Gasteiger partial charge in [-0.05, 0) is 97.5 Å². The lowest BCUT2D eigenvalue weighted by molar-refractivity contribution is -0.112. The van der Waals surface area contributed by atoms with E-state index in [0.29, 0.717) is 36.1 Å². The maximum atomic E-state index is 13.3. The highest BCUT2D eigenvalue weighted by Crippen LogP contribution is 2.32. The molecule has 3 aromatic carbocycles. The maximum Gasteiger partial charge on any atom is 0.251 e. The van der Waals surface area contributed by atoms with E-state index in [-0.39, 0.29) is 23.0 Å². The van der Waals surface area contributed by atoms with Gasteiger partial charge < -0.3 is 19.5 Å². The zero-order chi connectivity index (χ0) is 31.6. The molecule has 2 heterocycles. The predicted octanol–water partition coefficient (Wildman–Crippen LogP) is 6.36. The van der Waals surface area contributed by atoms with Crippen LogP contribution in [0.1, 0.15) is 50.2 Å². The number of ether oxygens (including phenoxy) is 3. The third-order valence-corrected chi connectivity index (χ3v) is 10.2. The summed E-state index contributed by atoms with van der Waals surface area (Å²) in [4.78, 5) is 15.9. The van der Waals surface area contributed by atoms with Gasteiger partial charge in [-0.3, -0.25) is 9.69 Å². The van der Waals surface area contributed by atoms with Crippen molar-refractivity contribution in [1.82, 2.24) is 4.90 Å². The number of carbonyl (C=O) groups excluding carboxylic acids is 1. The van der Waals surface area contributed by atoms with Crippen LogP contribution >= 0.6 is 0 Å². The number of amides is 1. The zero-order valence-electron chi connectivity index (χ0n) is 26.3. The van der Waals surface area contributed by atoms with Gasteiger partial charge in [-0.15, -0.1) is 0 Å². The van der Waals surface area contributed by atoms with E-state index in [0.717, 1.165) is 68.9 Å². The topological polar surface area (TPSA) is 94.2 Å². The minimum atomic E-state index is -3.55. The molecule has 1 amide bonds. The van der Waals surface area contributed by atoms with Crippen molar-refractivity contribution >= 4 is 27.5 Å². The summed E-state index contributed by atoms with van der Waals surface area (Å²) in [7, 11) is -1.41. The molecule has 240 valence electrons. The lowest BCUT2D eigenvalue weighted by Gasteiger charge is -2.31. The number of sulfone groups is 1. The summed E-state index contributed by atoms with van der Waals surface area (Å²) in [6, 6.07) is 21.3. The molecule has 2 aliphatic rings. The molecule has 0 spiro atoms. The fraction of sp³-hybridized carbons (Fsp3) is 0.417. The van der Waals surface area contributed by atoms with Gasteiger partial charge in [0, 0.05) is 43.7 Å². The molecular formula is C36H44N2O6S. The van der Waals surface area contributed by atoms with E-state index in [4.69, 9.17) is 14.2 Å². The van der Waals surface area contributed by atoms with Crippen LogP contribution in [-0.2, 0) is 30.7 Å². The summed E-state index contributed by atoms with van der Waals surface area (Å²) >= 11 is 0. The third-order valence-electron chi connectivity index (χ3n) is 8.39. The highest BCUT2D eigenvalue weighted by molar-refractivity contribution is 7.91. The van der Waals surface area contributed by atoms with Crippen molar-refractivity contribution in [2.24, 2.45) is 0 Å². The minimum Gasteiger partial charge on any atom is -0.491 e. The Bertz CT molecular complexity index is 1560. The second kappa shape index (κ2) is 15.7. The second-order valence-corrected chi connectivity index (χ2v) is 13.8. The van der Waals surface area contributed by atoms with Crippen LogP contribution in [0.15, 0.2) is 77.2 Å². The molecule has 0 atom stereocenters. The van der Waals surface area contributed by atoms with E-state index in [2.05, 4.69) is 24.2 Å². The smallest absolute Gasteiger partial charge is 0.251 e. The monoisotopic (exact) mass is 632 g/mol. The van der Waals surface area contributed by atoms with Crippen molar-refractivity contribution in [3.05, 3.63) is 83.4 Å². The Labute approximate surface area is 267 Å². The lowest BCUT2D eigenvalue weighted by Crippen LogP contribution is -2.36. The molecule has 9 heteroatoms. The van der Waals surface area contributed by atoms with Gasteiger partial charge in [0.1, 0.15) is 12.4 Å². The molecule has 0 aliphatic carbocycles. The maximum absolute atomic E-state index is 13.3. The number of nitrogens with one attached hydrogen (secondary N) is 1. The van der Waals surface area contributed by atoms with Crippen LogP contribution in [0.3, 0.4) is 0 Å². The molecule has 0 aromatic heterocycles. The molecule has 45 heavy (non-hydrogen) atoms. The number of rotatable bonds is 13. The van der Waals surface area contributed by atoms with Crippen LogP contribution in [-0.4, -0.2) is 71.1 Å². The molecule has 0 unspecified atom stereocenters. The largest absolute Gasteiger partial charge is 0.491 e. The quantitative estimate of drug-likeness (QED) is 0.219. The van der Waals surface area contributed by atoms with Gasteiger partial charge in [0.2, 0.25) is 0 Å². The van der Waals surface area contributed by atoms with E-state index in [1.165, 1.54) is 5.56 Å². The first-order chi connectivity index (χ1) is 21.8. The Balaban J connectivity index is 1.24. The lowest BCUT2D eigenvalue weighted by atomic mass is 10.0. The second-order valence-electron chi connectivity index (χ2n) is 11.7. The number of nitrogens with zero attached hydrogens (tertiary/aromatic N) is 1. The molecular weight excluding hydrogens is 588 g/mol. The Morgan fingerprint density at radius 3 is 2.42 bits per heavy atom. The number of benzene rings is 3.